The molecule has 4 nitrogen and oxygen atoms in total. The van der Waals surface area contributed by atoms with Crippen LogP contribution in [-0.4, -0.2) is 47.4 Å². The van der Waals surface area contributed by atoms with Gasteiger partial charge in [-0.1, -0.05) is 24.6 Å². The maximum atomic E-state index is 12.7. The van der Waals surface area contributed by atoms with Gasteiger partial charge < -0.3 is 10.2 Å². The van der Waals surface area contributed by atoms with E-state index in [1.807, 2.05) is 34.9 Å². The van der Waals surface area contributed by atoms with Gasteiger partial charge in [0.25, 0.3) is 5.91 Å². The second-order valence-electron chi connectivity index (χ2n) is 8.40. The van der Waals surface area contributed by atoms with Crippen LogP contribution in [0, 0.1) is 11.3 Å². The molecule has 1 N–H and O–H groups in total. The average Bonchev–Trinajstić information content (AvgIpc) is 2.90. The lowest BCUT2D eigenvalue weighted by Crippen LogP contribution is -2.38. The number of carbonyl (C=O) groups is 2. The Morgan fingerprint density at radius 1 is 1.33 bits per heavy atom. The second-order valence-corrected chi connectivity index (χ2v) is 10.0. The van der Waals surface area contributed by atoms with E-state index < -0.39 is 0 Å². The quantitative estimate of drug-likeness (QED) is 0.809. The van der Waals surface area contributed by atoms with E-state index in [1.54, 1.807) is 0 Å². The molecule has 0 bridgehead atoms. The van der Waals surface area contributed by atoms with E-state index in [4.69, 9.17) is 11.6 Å². The maximum absolute atomic E-state index is 12.7. The van der Waals surface area contributed by atoms with Gasteiger partial charge in [0.2, 0.25) is 5.91 Å². The van der Waals surface area contributed by atoms with Gasteiger partial charge in [-0.25, -0.2) is 0 Å². The first-order valence-electron chi connectivity index (χ1n) is 9.87. The predicted octanol–water partition coefficient (Wildman–Crippen LogP) is 3.94. The summed E-state index contributed by atoms with van der Waals surface area (Å²) < 4.78 is 0. The zero-order valence-corrected chi connectivity index (χ0v) is 17.5. The highest BCUT2D eigenvalue weighted by molar-refractivity contribution is 7.99. The number of amides is 2. The minimum absolute atomic E-state index is 0.0826. The number of rotatable bonds is 2. The topological polar surface area (TPSA) is 49.4 Å². The van der Waals surface area contributed by atoms with Crippen molar-refractivity contribution in [3.8, 4) is 0 Å². The predicted molar refractivity (Wildman–Crippen MR) is 110 cm³/mol. The molecule has 146 valence electrons. The summed E-state index contributed by atoms with van der Waals surface area (Å²) in [5.74, 6) is 2.98. The Bertz CT molecular complexity index is 765. The van der Waals surface area contributed by atoms with Crippen LogP contribution in [0.25, 0.3) is 0 Å². The molecule has 4 rings (SSSR count). The molecular weight excluding hydrogens is 380 g/mol. The third kappa shape index (κ3) is 3.38. The Balaban J connectivity index is 1.52. The van der Waals surface area contributed by atoms with Crippen molar-refractivity contribution in [2.45, 2.75) is 45.1 Å². The van der Waals surface area contributed by atoms with Crippen LogP contribution < -0.4 is 5.32 Å². The summed E-state index contributed by atoms with van der Waals surface area (Å²) in [6.07, 6.45) is 2.82. The second kappa shape index (κ2) is 7.32. The molecule has 2 amide bonds. The number of fused-ring (bicyclic) bond motifs is 1. The monoisotopic (exact) mass is 406 g/mol. The van der Waals surface area contributed by atoms with Crippen LogP contribution in [0.3, 0.4) is 0 Å². The molecule has 0 aromatic heterocycles. The Labute approximate surface area is 170 Å². The Morgan fingerprint density at radius 2 is 2.07 bits per heavy atom. The molecule has 4 atom stereocenters. The van der Waals surface area contributed by atoms with Crippen LogP contribution in [0.4, 0.5) is 0 Å². The van der Waals surface area contributed by atoms with Crippen molar-refractivity contribution in [2.24, 2.45) is 11.3 Å². The standard InChI is InChI=1S/C21H27ClN2O2S/c1-13-17-11-14(5-6-21(17,2)20(26)23-13)16-4-3-15(12-18(16)22)19(25)24-7-9-27-10-8-24/h3-4,12-14,17H,5-11H2,1-2H3,(H,23,26). The number of benzene rings is 1. The van der Waals surface area contributed by atoms with Gasteiger partial charge in [0, 0.05) is 41.2 Å². The molecule has 1 aliphatic carbocycles. The normalized spacial score (nSPS) is 33.5. The largest absolute Gasteiger partial charge is 0.353 e. The van der Waals surface area contributed by atoms with E-state index in [1.165, 1.54) is 0 Å². The molecule has 0 radical (unpaired) electrons. The number of nitrogens with zero attached hydrogens (tertiary/aromatic N) is 1. The minimum Gasteiger partial charge on any atom is -0.353 e. The highest BCUT2D eigenvalue weighted by atomic mass is 35.5. The van der Waals surface area contributed by atoms with E-state index in [0.717, 1.165) is 49.4 Å². The summed E-state index contributed by atoms with van der Waals surface area (Å²) in [6.45, 7) is 5.83. The van der Waals surface area contributed by atoms with Crippen LogP contribution in [0.15, 0.2) is 18.2 Å². The first-order chi connectivity index (χ1) is 12.9. The van der Waals surface area contributed by atoms with Crippen molar-refractivity contribution in [3.05, 3.63) is 34.3 Å². The van der Waals surface area contributed by atoms with Crippen molar-refractivity contribution >= 4 is 35.2 Å². The van der Waals surface area contributed by atoms with Gasteiger partial charge in [0.1, 0.15) is 0 Å². The fraction of sp³-hybridized carbons (Fsp3) is 0.619. The first kappa shape index (κ1) is 19.1. The van der Waals surface area contributed by atoms with Crippen LogP contribution in [-0.2, 0) is 4.79 Å². The molecule has 6 heteroatoms. The number of hydrogen-bond donors (Lipinski definition) is 1. The SMILES string of the molecule is CC1NC(=O)C2(C)CCC(c3ccc(C(=O)N4CCSCC4)cc3Cl)CC12. The number of halogens is 1. The van der Waals surface area contributed by atoms with Crippen molar-refractivity contribution in [3.63, 3.8) is 0 Å². The van der Waals surface area contributed by atoms with E-state index >= 15 is 0 Å². The molecule has 2 heterocycles. The van der Waals surface area contributed by atoms with Crippen LogP contribution >= 0.6 is 23.4 Å². The Kier molecular flexibility index (Phi) is 5.19. The molecule has 4 unspecified atom stereocenters. The van der Waals surface area contributed by atoms with Gasteiger partial charge in [-0.05, 0) is 55.7 Å². The van der Waals surface area contributed by atoms with E-state index in [-0.39, 0.29) is 23.3 Å². The van der Waals surface area contributed by atoms with Gasteiger partial charge >= 0.3 is 0 Å². The third-order valence-electron chi connectivity index (χ3n) is 6.84. The Morgan fingerprint density at radius 3 is 2.78 bits per heavy atom. The molecule has 1 aromatic carbocycles. The molecular formula is C21H27ClN2O2S. The molecule has 3 fully saturated rings. The average molecular weight is 407 g/mol. The van der Waals surface area contributed by atoms with Crippen LogP contribution in [0.2, 0.25) is 5.02 Å². The third-order valence-corrected chi connectivity index (χ3v) is 8.11. The summed E-state index contributed by atoms with van der Waals surface area (Å²) in [4.78, 5) is 27.0. The molecule has 3 aliphatic rings. The molecule has 2 saturated heterocycles. The number of nitrogens with one attached hydrogen (secondary N) is 1. The lowest BCUT2D eigenvalue weighted by atomic mass is 9.63. The van der Waals surface area contributed by atoms with Crippen LogP contribution in [0.5, 0.6) is 0 Å². The fourth-order valence-corrected chi connectivity index (χ4v) is 6.31. The van der Waals surface area contributed by atoms with E-state index in [9.17, 15) is 9.59 Å². The minimum atomic E-state index is -0.245. The van der Waals surface area contributed by atoms with Gasteiger partial charge in [-0.3, -0.25) is 9.59 Å². The van der Waals surface area contributed by atoms with Gasteiger partial charge in [-0.15, -0.1) is 0 Å². The highest BCUT2D eigenvalue weighted by Gasteiger charge is 2.53. The van der Waals surface area contributed by atoms with E-state index in [0.29, 0.717) is 22.4 Å². The summed E-state index contributed by atoms with van der Waals surface area (Å²) in [5, 5.41) is 3.81. The molecule has 1 aromatic rings. The lowest BCUT2D eigenvalue weighted by molar-refractivity contribution is -0.129. The fourth-order valence-electron chi connectivity index (χ4n) is 5.08. The summed E-state index contributed by atoms with van der Waals surface area (Å²) >= 11 is 8.53. The smallest absolute Gasteiger partial charge is 0.253 e. The zero-order chi connectivity index (χ0) is 19.2. The maximum Gasteiger partial charge on any atom is 0.253 e. The van der Waals surface area contributed by atoms with E-state index in [2.05, 4.69) is 19.2 Å². The Hall–Kier alpha value is -1.20. The van der Waals surface area contributed by atoms with Crippen molar-refractivity contribution < 1.29 is 9.59 Å². The molecule has 27 heavy (non-hydrogen) atoms. The van der Waals surface area contributed by atoms with Gasteiger partial charge in [0.15, 0.2) is 0 Å². The molecule has 0 spiro atoms. The molecule has 2 aliphatic heterocycles. The lowest BCUT2D eigenvalue weighted by Gasteiger charge is -2.39. The van der Waals surface area contributed by atoms with Crippen molar-refractivity contribution in [1.29, 1.82) is 0 Å². The van der Waals surface area contributed by atoms with Crippen molar-refractivity contribution in [2.75, 3.05) is 24.6 Å². The first-order valence-corrected chi connectivity index (χ1v) is 11.4. The zero-order valence-electron chi connectivity index (χ0n) is 16.0. The highest BCUT2D eigenvalue weighted by Crippen LogP contribution is 2.52. The number of carbonyl (C=O) groups excluding carboxylic acids is 2. The van der Waals surface area contributed by atoms with Crippen LogP contribution in [0.1, 0.15) is 54.9 Å². The van der Waals surface area contributed by atoms with Crippen molar-refractivity contribution in [1.82, 2.24) is 10.2 Å². The van der Waals surface area contributed by atoms with Gasteiger partial charge in [-0.2, -0.15) is 11.8 Å². The number of hydrogen-bond acceptors (Lipinski definition) is 3. The molecule has 1 saturated carbocycles. The summed E-state index contributed by atoms with van der Waals surface area (Å²) in [6, 6.07) is 6.02. The summed E-state index contributed by atoms with van der Waals surface area (Å²) in [7, 11) is 0. The summed E-state index contributed by atoms with van der Waals surface area (Å²) in [5.41, 5.74) is 1.56. The van der Waals surface area contributed by atoms with Gasteiger partial charge in [0.05, 0.1) is 5.41 Å². The number of thioether (sulfide) groups is 1.